The molecule has 0 atom stereocenters. The van der Waals surface area contributed by atoms with Crippen molar-refractivity contribution in [3.8, 4) is 11.4 Å². The summed E-state index contributed by atoms with van der Waals surface area (Å²) >= 11 is 12.1. The van der Waals surface area contributed by atoms with Gasteiger partial charge in [-0.1, -0.05) is 35.3 Å². The van der Waals surface area contributed by atoms with Gasteiger partial charge in [0.15, 0.2) is 0 Å². The number of anilines is 1. The molecule has 3 aromatic rings. The number of rotatable bonds is 5. The first kappa shape index (κ1) is 18.9. The maximum absolute atomic E-state index is 12.5. The van der Waals surface area contributed by atoms with Crippen molar-refractivity contribution in [2.75, 3.05) is 12.4 Å². The molecule has 0 radical (unpaired) electrons. The Bertz CT molecular complexity index is 1060. The summed E-state index contributed by atoms with van der Waals surface area (Å²) in [5, 5.41) is 11.1. The first-order valence-corrected chi connectivity index (χ1v) is 8.58. The zero-order valence-electron chi connectivity index (χ0n) is 14.4. The molecular formula is C17H15Cl2N5O3. The van der Waals surface area contributed by atoms with Crippen molar-refractivity contribution in [3.05, 3.63) is 62.5 Å². The van der Waals surface area contributed by atoms with Crippen LogP contribution >= 0.6 is 23.2 Å². The largest absolute Gasteiger partial charge is 0.495 e. The number of halogens is 2. The number of ether oxygens (including phenoxy) is 1. The predicted molar refractivity (Wildman–Crippen MR) is 102 cm³/mol. The lowest BCUT2D eigenvalue weighted by Crippen LogP contribution is -2.30. The average Bonchev–Trinajstić information content (AvgIpc) is 2.98. The van der Waals surface area contributed by atoms with Gasteiger partial charge in [0.2, 0.25) is 5.91 Å². The minimum absolute atomic E-state index is 0.325. The van der Waals surface area contributed by atoms with Gasteiger partial charge < -0.3 is 10.1 Å². The third kappa shape index (κ3) is 3.96. The highest BCUT2D eigenvalue weighted by molar-refractivity contribution is 6.32. The van der Waals surface area contributed by atoms with Crippen LogP contribution in [-0.4, -0.2) is 32.8 Å². The van der Waals surface area contributed by atoms with Crippen molar-refractivity contribution >= 4 is 34.8 Å². The fraction of sp³-hybridized carbons (Fsp3) is 0.176. The van der Waals surface area contributed by atoms with E-state index in [-0.39, 0.29) is 6.54 Å². The van der Waals surface area contributed by atoms with Crippen LogP contribution in [0.1, 0.15) is 5.56 Å². The van der Waals surface area contributed by atoms with Gasteiger partial charge in [-0.15, -0.1) is 0 Å². The Morgan fingerprint density at radius 3 is 2.63 bits per heavy atom. The van der Waals surface area contributed by atoms with Crippen LogP contribution < -0.4 is 15.7 Å². The molecule has 0 fully saturated rings. The number of carbonyl (C=O) groups is 1. The lowest BCUT2D eigenvalue weighted by atomic mass is 10.2. The normalized spacial score (nSPS) is 10.7. The van der Waals surface area contributed by atoms with E-state index in [1.54, 1.807) is 43.3 Å². The third-order valence-corrected chi connectivity index (χ3v) is 4.50. The number of tetrazole rings is 1. The quantitative estimate of drug-likeness (QED) is 0.701. The molecular weight excluding hydrogens is 393 g/mol. The van der Waals surface area contributed by atoms with E-state index in [2.05, 4.69) is 15.7 Å². The van der Waals surface area contributed by atoms with Gasteiger partial charge in [-0.05, 0) is 41.1 Å². The maximum Gasteiger partial charge on any atom is 0.369 e. The first-order chi connectivity index (χ1) is 12.9. The van der Waals surface area contributed by atoms with Gasteiger partial charge in [0.05, 0.1) is 23.5 Å². The molecule has 10 heteroatoms. The topological polar surface area (TPSA) is 91.0 Å². The Hall–Kier alpha value is -2.84. The van der Waals surface area contributed by atoms with Crippen LogP contribution in [0.4, 0.5) is 5.69 Å². The lowest BCUT2D eigenvalue weighted by Gasteiger charge is -2.12. The van der Waals surface area contributed by atoms with Crippen LogP contribution in [0.2, 0.25) is 10.0 Å². The third-order valence-electron chi connectivity index (χ3n) is 3.77. The van der Waals surface area contributed by atoms with Gasteiger partial charge in [-0.3, -0.25) is 4.79 Å². The summed E-state index contributed by atoms with van der Waals surface area (Å²) in [7, 11) is 1.47. The number of nitrogens with one attached hydrogen (secondary N) is 1. The standard InChI is InChI=1S/C17H15Cl2N5O3/c1-10-7-13(15(27-2)8-12(10)19)20-16(25)9-23-17(26)24(22-21-23)14-6-4-3-5-11(14)18/h3-8H,9H2,1-2H3,(H,20,25). The average molecular weight is 408 g/mol. The zero-order chi connectivity index (χ0) is 19.6. The number of nitrogens with zero attached hydrogens (tertiary/aromatic N) is 4. The Kier molecular flexibility index (Phi) is 5.48. The number of hydrogen-bond acceptors (Lipinski definition) is 5. The number of hydrogen-bond donors (Lipinski definition) is 1. The molecule has 0 aliphatic carbocycles. The van der Waals surface area contributed by atoms with Crippen molar-refractivity contribution < 1.29 is 9.53 Å². The fourth-order valence-electron chi connectivity index (χ4n) is 2.40. The van der Waals surface area contributed by atoms with Crippen LogP contribution in [0.25, 0.3) is 5.69 Å². The summed E-state index contributed by atoms with van der Waals surface area (Å²) in [4.78, 5) is 24.8. The van der Waals surface area contributed by atoms with E-state index in [0.29, 0.717) is 27.2 Å². The van der Waals surface area contributed by atoms with Crippen molar-refractivity contribution in [2.45, 2.75) is 13.5 Å². The molecule has 27 heavy (non-hydrogen) atoms. The van der Waals surface area contributed by atoms with E-state index in [1.165, 1.54) is 7.11 Å². The number of carbonyl (C=O) groups excluding carboxylic acids is 1. The van der Waals surface area contributed by atoms with Gasteiger partial charge in [0.1, 0.15) is 12.3 Å². The molecule has 1 amide bonds. The number of amides is 1. The summed E-state index contributed by atoms with van der Waals surface area (Å²) in [6.45, 7) is 1.48. The van der Waals surface area contributed by atoms with Crippen LogP contribution in [-0.2, 0) is 11.3 Å². The molecule has 0 aliphatic rings. The Morgan fingerprint density at radius 1 is 1.19 bits per heavy atom. The van der Waals surface area contributed by atoms with E-state index in [0.717, 1.165) is 14.9 Å². The second kappa shape index (κ2) is 7.81. The molecule has 1 N–H and O–H groups in total. The second-order valence-corrected chi connectivity index (χ2v) is 6.45. The number of benzene rings is 2. The summed E-state index contributed by atoms with van der Waals surface area (Å²) in [5.74, 6) is -0.0608. The van der Waals surface area contributed by atoms with Crippen LogP contribution in [0, 0.1) is 6.92 Å². The molecule has 0 spiro atoms. The molecule has 0 bridgehead atoms. The maximum atomic E-state index is 12.5. The second-order valence-electron chi connectivity index (χ2n) is 5.63. The van der Waals surface area contributed by atoms with Gasteiger partial charge in [-0.2, -0.15) is 9.36 Å². The highest BCUT2D eigenvalue weighted by Gasteiger charge is 2.16. The van der Waals surface area contributed by atoms with Gasteiger partial charge in [0, 0.05) is 11.1 Å². The molecule has 1 heterocycles. The van der Waals surface area contributed by atoms with Crippen molar-refractivity contribution in [1.29, 1.82) is 0 Å². The Labute approximate surface area is 164 Å². The van der Waals surface area contributed by atoms with Gasteiger partial charge >= 0.3 is 5.69 Å². The molecule has 1 aromatic heterocycles. The molecule has 0 unspecified atom stereocenters. The fourth-order valence-corrected chi connectivity index (χ4v) is 2.77. The van der Waals surface area contributed by atoms with Crippen molar-refractivity contribution in [3.63, 3.8) is 0 Å². The van der Waals surface area contributed by atoms with E-state index >= 15 is 0 Å². The number of methoxy groups -OCH3 is 1. The number of para-hydroxylation sites is 1. The first-order valence-electron chi connectivity index (χ1n) is 7.82. The molecule has 0 saturated heterocycles. The number of aryl methyl sites for hydroxylation is 1. The van der Waals surface area contributed by atoms with Crippen molar-refractivity contribution in [2.24, 2.45) is 0 Å². The van der Waals surface area contributed by atoms with Crippen LogP contribution in [0.3, 0.4) is 0 Å². The highest BCUT2D eigenvalue weighted by atomic mass is 35.5. The van der Waals surface area contributed by atoms with Crippen LogP contribution in [0.5, 0.6) is 5.75 Å². The molecule has 3 rings (SSSR count). The van der Waals surface area contributed by atoms with E-state index in [1.807, 2.05) is 0 Å². The van der Waals surface area contributed by atoms with Crippen LogP contribution in [0.15, 0.2) is 41.2 Å². The van der Waals surface area contributed by atoms with Gasteiger partial charge in [-0.25, -0.2) is 4.79 Å². The number of aromatic nitrogens is 4. The van der Waals surface area contributed by atoms with E-state index < -0.39 is 11.6 Å². The molecule has 2 aromatic carbocycles. The lowest BCUT2D eigenvalue weighted by molar-refractivity contribution is -0.117. The Balaban J connectivity index is 1.81. The summed E-state index contributed by atoms with van der Waals surface area (Å²) in [6.07, 6.45) is 0. The van der Waals surface area contributed by atoms with Crippen molar-refractivity contribution in [1.82, 2.24) is 19.8 Å². The van der Waals surface area contributed by atoms with E-state index in [4.69, 9.17) is 27.9 Å². The highest BCUT2D eigenvalue weighted by Crippen LogP contribution is 2.30. The smallest absolute Gasteiger partial charge is 0.369 e. The summed E-state index contributed by atoms with van der Waals surface area (Å²) in [6, 6.07) is 9.99. The minimum atomic E-state index is -0.586. The molecule has 140 valence electrons. The molecule has 0 aliphatic heterocycles. The SMILES string of the molecule is COc1cc(Cl)c(C)cc1NC(=O)Cn1nnn(-c2ccccc2Cl)c1=O. The predicted octanol–water partition coefficient (Wildman–Crippen LogP) is 2.69. The Morgan fingerprint density at radius 2 is 1.93 bits per heavy atom. The molecule has 8 nitrogen and oxygen atoms in total. The summed E-state index contributed by atoms with van der Waals surface area (Å²) < 4.78 is 7.19. The monoisotopic (exact) mass is 407 g/mol. The minimum Gasteiger partial charge on any atom is -0.495 e. The van der Waals surface area contributed by atoms with E-state index in [9.17, 15) is 9.59 Å². The molecule has 0 saturated carbocycles. The zero-order valence-corrected chi connectivity index (χ0v) is 16.0. The summed E-state index contributed by atoms with van der Waals surface area (Å²) in [5.41, 5.74) is 1.01. The van der Waals surface area contributed by atoms with Gasteiger partial charge in [0.25, 0.3) is 0 Å².